The maximum Gasteiger partial charge on any atom is 0.328 e. The molecular formula is C26H24ClN5O3. The number of aryl methyl sites for hydroxylation is 1. The highest BCUT2D eigenvalue weighted by atomic mass is 35.5. The van der Waals surface area contributed by atoms with E-state index in [0.29, 0.717) is 46.7 Å². The van der Waals surface area contributed by atoms with E-state index in [-0.39, 0.29) is 18.4 Å². The monoisotopic (exact) mass is 489 g/mol. The van der Waals surface area contributed by atoms with E-state index >= 15 is 0 Å². The van der Waals surface area contributed by atoms with Crippen LogP contribution in [0, 0.1) is 18.3 Å². The van der Waals surface area contributed by atoms with Gasteiger partial charge in [-0.15, -0.1) is 0 Å². The Bertz CT molecular complexity index is 1290. The summed E-state index contributed by atoms with van der Waals surface area (Å²) in [5.41, 5.74) is 2.01. The Morgan fingerprint density at radius 3 is 2.63 bits per heavy atom. The van der Waals surface area contributed by atoms with E-state index in [0.717, 1.165) is 5.56 Å². The summed E-state index contributed by atoms with van der Waals surface area (Å²) in [5, 5.41) is 12.9. The Balaban J connectivity index is 1.54. The number of nitrogens with zero attached hydrogens (tertiary/aromatic N) is 4. The first kappa shape index (κ1) is 24.0. The zero-order chi connectivity index (χ0) is 24.9. The van der Waals surface area contributed by atoms with Gasteiger partial charge in [-0.05, 0) is 61.9 Å². The molecule has 8 nitrogen and oxygen atoms in total. The standard InChI is InChI=1S/C26H24ClN5O3/c1-3-31-25(33)14-24(32(26(31)34)16-18-7-9-20(27)10-8-18)30-23-12-11-22(17(2)29-23)35-21-6-4-5-19(13-21)15-28/h4-13,24H,3,14,16H2,1-2H3,(H,29,30). The molecule has 9 heteroatoms. The van der Waals surface area contributed by atoms with Gasteiger partial charge in [-0.3, -0.25) is 14.6 Å². The number of urea groups is 1. The van der Waals surface area contributed by atoms with Crippen molar-refractivity contribution >= 4 is 29.4 Å². The minimum absolute atomic E-state index is 0.118. The highest BCUT2D eigenvalue weighted by molar-refractivity contribution is 6.30. The summed E-state index contributed by atoms with van der Waals surface area (Å²) in [6.07, 6.45) is -0.452. The van der Waals surface area contributed by atoms with Crippen LogP contribution in [0.1, 0.15) is 30.2 Å². The molecule has 3 aromatic rings. The molecule has 35 heavy (non-hydrogen) atoms. The predicted molar refractivity (Wildman–Crippen MR) is 132 cm³/mol. The second-order valence-electron chi connectivity index (χ2n) is 8.06. The number of ether oxygens (including phenoxy) is 1. The van der Waals surface area contributed by atoms with Crippen molar-refractivity contribution in [3.05, 3.63) is 82.5 Å². The number of pyridine rings is 1. The summed E-state index contributed by atoms with van der Waals surface area (Å²) >= 11 is 6.00. The van der Waals surface area contributed by atoms with Gasteiger partial charge in [-0.25, -0.2) is 9.78 Å². The molecular weight excluding hydrogens is 466 g/mol. The highest BCUT2D eigenvalue weighted by Crippen LogP contribution is 2.27. The van der Waals surface area contributed by atoms with Crippen LogP contribution in [-0.2, 0) is 11.3 Å². The van der Waals surface area contributed by atoms with Crippen LogP contribution in [0.5, 0.6) is 11.5 Å². The molecule has 1 aliphatic heterocycles. The maximum atomic E-state index is 13.1. The van der Waals surface area contributed by atoms with Crippen molar-refractivity contribution in [2.45, 2.75) is 33.0 Å². The molecule has 4 rings (SSSR count). The number of amides is 3. The Morgan fingerprint density at radius 2 is 1.94 bits per heavy atom. The van der Waals surface area contributed by atoms with E-state index in [4.69, 9.17) is 21.6 Å². The largest absolute Gasteiger partial charge is 0.455 e. The topological polar surface area (TPSA) is 98.6 Å². The number of halogens is 1. The molecule has 1 fully saturated rings. The quantitative estimate of drug-likeness (QED) is 0.482. The van der Waals surface area contributed by atoms with Crippen LogP contribution in [0.25, 0.3) is 0 Å². The van der Waals surface area contributed by atoms with Crippen molar-refractivity contribution in [2.24, 2.45) is 0 Å². The molecule has 0 radical (unpaired) electrons. The van der Waals surface area contributed by atoms with Gasteiger partial charge in [0.15, 0.2) is 0 Å². The van der Waals surface area contributed by atoms with E-state index in [2.05, 4.69) is 16.4 Å². The first-order chi connectivity index (χ1) is 16.9. The van der Waals surface area contributed by atoms with Crippen LogP contribution in [0.15, 0.2) is 60.7 Å². The Labute approximate surface area is 208 Å². The molecule has 1 aliphatic rings. The van der Waals surface area contributed by atoms with Crippen LogP contribution in [-0.4, -0.2) is 39.4 Å². The third-order valence-corrected chi connectivity index (χ3v) is 5.90. The van der Waals surface area contributed by atoms with Gasteiger partial charge in [0, 0.05) is 18.1 Å². The van der Waals surface area contributed by atoms with Crippen molar-refractivity contribution in [1.29, 1.82) is 5.26 Å². The number of imide groups is 1. The van der Waals surface area contributed by atoms with E-state index in [1.807, 2.05) is 12.1 Å². The molecule has 1 aromatic heterocycles. The van der Waals surface area contributed by atoms with Crippen LogP contribution in [0.4, 0.5) is 10.6 Å². The predicted octanol–water partition coefficient (Wildman–Crippen LogP) is 5.32. The summed E-state index contributed by atoms with van der Waals surface area (Å²) in [6, 6.07) is 19.3. The van der Waals surface area contributed by atoms with Gasteiger partial charge in [0.1, 0.15) is 23.5 Å². The van der Waals surface area contributed by atoms with Gasteiger partial charge in [0.2, 0.25) is 5.91 Å². The van der Waals surface area contributed by atoms with Gasteiger partial charge in [-0.2, -0.15) is 5.26 Å². The van der Waals surface area contributed by atoms with Gasteiger partial charge < -0.3 is 10.1 Å². The number of carbonyl (C=O) groups is 2. The van der Waals surface area contributed by atoms with Gasteiger partial charge >= 0.3 is 6.03 Å². The van der Waals surface area contributed by atoms with Crippen molar-refractivity contribution in [2.75, 3.05) is 11.9 Å². The average Bonchev–Trinajstić information content (AvgIpc) is 2.85. The summed E-state index contributed by atoms with van der Waals surface area (Å²) < 4.78 is 5.89. The second-order valence-corrected chi connectivity index (χ2v) is 8.50. The zero-order valence-corrected chi connectivity index (χ0v) is 20.1. The molecule has 1 N–H and O–H groups in total. The molecule has 2 heterocycles. The average molecular weight is 490 g/mol. The SMILES string of the molecule is CCN1C(=O)CC(Nc2ccc(Oc3cccc(C#N)c3)c(C)n2)N(Cc2ccc(Cl)cc2)C1=O. The third-order valence-electron chi connectivity index (χ3n) is 5.65. The second kappa shape index (κ2) is 10.5. The van der Waals surface area contributed by atoms with Gasteiger partial charge in [0.25, 0.3) is 0 Å². The number of anilines is 1. The van der Waals surface area contributed by atoms with Crippen LogP contribution in [0.2, 0.25) is 5.02 Å². The van der Waals surface area contributed by atoms with Crippen molar-refractivity contribution < 1.29 is 14.3 Å². The van der Waals surface area contributed by atoms with E-state index in [1.165, 1.54) is 4.90 Å². The van der Waals surface area contributed by atoms with E-state index in [9.17, 15) is 9.59 Å². The smallest absolute Gasteiger partial charge is 0.328 e. The summed E-state index contributed by atoms with van der Waals surface area (Å²) in [4.78, 5) is 33.2. The van der Waals surface area contributed by atoms with E-state index in [1.54, 1.807) is 67.3 Å². The number of rotatable bonds is 7. The highest BCUT2D eigenvalue weighted by Gasteiger charge is 2.38. The molecule has 0 aliphatic carbocycles. The summed E-state index contributed by atoms with van der Waals surface area (Å²) in [6.45, 7) is 4.20. The van der Waals surface area contributed by atoms with E-state index < -0.39 is 6.17 Å². The zero-order valence-electron chi connectivity index (χ0n) is 19.4. The minimum Gasteiger partial charge on any atom is -0.455 e. The normalized spacial score (nSPS) is 15.7. The van der Waals surface area contributed by atoms with Crippen molar-refractivity contribution in [1.82, 2.24) is 14.8 Å². The lowest BCUT2D eigenvalue weighted by Crippen LogP contribution is -2.58. The van der Waals surface area contributed by atoms with Crippen LogP contribution < -0.4 is 10.1 Å². The van der Waals surface area contributed by atoms with Crippen LogP contribution >= 0.6 is 11.6 Å². The first-order valence-corrected chi connectivity index (χ1v) is 11.5. The Morgan fingerprint density at radius 1 is 1.17 bits per heavy atom. The lowest BCUT2D eigenvalue weighted by Gasteiger charge is -2.40. The van der Waals surface area contributed by atoms with Crippen LogP contribution in [0.3, 0.4) is 0 Å². The van der Waals surface area contributed by atoms with Crippen molar-refractivity contribution in [3.63, 3.8) is 0 Å². The number of carbonyl (C=O) groups excluding carboxylic acids is 2. The molecule has 2 aromatic carbocycles. The molecule has 3 amide bonds. The summed E-state index contributed by atoms with van der Waals surface area (Å²) in [7, 11) is 0. The molecule has 178 valence electrons. The molecule has 1 unspecified atom stereocenters. The number of aromatic nitrogens is 1. The minimum atomic E-state index is -0.570. The summed E-state index contributed by atoms with van der Waals surface area (Å²) in [5.74, 6) is 1.34. The fourth-order valence-electron chi connectivity index (χ4n) is 3.85. The number of hydrogen-bond acceptors (Lipinski definition) is 6. The molecule has 1 atom stereocenters. The molecule has 0 bridgehead atoms. The Hall–Kier alpha value is -4.09. The Kier molecular flexibility index (Phi) is 7.18. The van der Waals surface area contributed by atoms with Crippen molar-refractivity contribution in [3.8, 4) is 17.6 Å². The maximum absolute atomic E-state index is 13.1. The number of benzene rings is 2. The number of hydrogen-bond donors (Lipinski definition) is 1. The lowest BCUT2D eigenvalue weighted by molar-refractivity contribution is -0.132. The molecule has 0 saturated carbocycles. The van der Waals surface area contributed by atoms with Gasteiger partial charge in [-0.1, -0.05) is 29.8 Å². The fraction of sp³-hybridized carbons (Fsp3) is 0.231. The number of nitriles is 1. The molecule has 1 saturated heterocycles. The van der Waals surface area contributed by atoms with Gasteiger partial charge in [0.05, 0.1) is 23.7 Å². The first-order valence-electron chi connectivity index (χ1n) is 11.2. The molecule has 0 spiro atoms. The third kappa shape index (κ3) is 5.53. The number of nitrogens with one attached hydrogen (secondary N) is 1. The fourth-order valence-corrected chi connectivity index (χ4v) is 3.98. The lowest BCUT2D eigenvalue weighted by atomic mass is 10.1.